The molecule has 1 aromatic carbocycles. The van der Waals surface area contributed by atoms with E-state index in [0.717, 1.165) is 6.07 Å². The summed E-state index contributed by atoms with van der Waals surface area (Å²) in [6.07, 6.45) is -5.41. The molecule has 2 amide bonds. The molecular formula is C24H28F3N3O5. The number of ether oxygens (including phenoxy) is 2. The number of likely N-dealkylation sites (tertiary alicyclic amines) is 1. The number of carboxylic acid groups (broad SMARTS) is 1. The standard InChI is InChI=1S/C24H28F3N3O5/c1-15(2)35-17-5-4-16(14-18(17)34-3)21(31)28-10-8-23(9-11-28)19-6-7-20(24(25,26)27)29(19)12-13-30(23)22(32)33/h4-7,14-15H,8-13H2,1-3H3,(H,32,33). The van der Waals surface area contributed by atoms with Gasteiger partial charge in [-0.25, -0.2) is 4.79 Å². The highest BCUT2D eigenvalue weighted by Gasteiger charge is 2.50. The van der Waals surface area contributed by atoms with Crippen LogP contribution in [-0.2, 0) is 18.3 Å². The van der Waals surface area contributed by atoms with E-state index in [2.05, 4.69) is 0 Å². The third-order valence-electron chi connectivity index (χ3n) is 6.69. The van der Waals surface area contributed by atoms with Crippen molar-refractivity contribution in [2.45, 2.75) is 51.1 Å². The molecule has 2 aliphatic heterocycles. The Labute approximate surface area is 200 Å². The van der Waals surface area contributed by atoms with E-state index in [4.69, 9.17) is 9.47 Å². The van der Waals surface area contributed by atoms with Crippen molar-refractivity contribution in [2.75, 3.05) is 26.7 Å². The maximum absolute atomic E-state index is 13.5. The Kier molecular flexibility index (Phi) is 6.37. The highest BCUT2D eigenvalue weighted by molar-refractivity contribution is 5.95. The third-order valence-corrected chi connectivity index (χ3v) is 6.69. The molecule has 0 aliphatic carbocycles. The van der Waals surface area contributed by atoms with Gasteiger partial charge in [-0.3, -0.25) is 9.69 Å². The predicted octanol–water partition coefficient (Wildman–Crippen LogP) is 4.43. The molecule has 35 heavy (non-hydrogen) atoms. The summed E-state index contributed by atoms with van der Waals surface area (Å²) >= 11 is 0. The van der Waals surface area contributed by atoms with Crippen LogP contribution in [0.2, 0.25) is 0 Å². The monoisotopic (exact) mass is 495 g/mol. The smallest absolute Gasteiger partial charge is 0.431 e. The Morgan fingerprint density at radius 3 is 2.29 bits per heavy atom. The molecule has 0 saturated carbocycles. The molecule has 190 valence electrons. The average molecular weight is 495 g/mol. The Morgan fingerprint density at radius 2 is 1.71 bits per heavy atom. The van der Waals surface area contributed by atoms with Crippen LogP contribution in [0.1, 0.15) is 48.4 Å². The van der Waals surface area contributed by atoms with Gasteiger partial charge in [0.15, 0.2) is 11.5 Å². The van der Waals surface area contributed by atoms with Crippen LogP contribution < -0.4 is 9.47 Å². The number of alkyl halides is 3. The number of piperidine rings is 1. The van der Waals surface area contributed by atoms with Gasteiger partial charge < -0.3 is 24.0 Å². The summed E-state index contributed by atoms with van der Waals surface area (Å²) in [4.78, 5) is 28.1. The molecule has 0 atom stereocenters. The van der Waals surface area contributed by atoms with Crippen LogP contribution in [0.3, 0.4) is 0 Å². The number of hydrogen-bond donors (Lipinski definition) is 1. The first-order valence-corrected chi connectivity index (χ1v) is 11.4. The molecule has 1 spiro atoms. The van der Waals surface area contributed by atoms with Crippen molar-refractivity contribution in [2.24, 2.45) is 0 Å². The summed E-state index contributed by atoms with van der Waals surface area (Å²) in [5.74, 6) is 0.662. The molecule has 1 saturated heterocycles. The third kappa shape index (κ3) is 4.39. The lowest BCUT2D eigenvalue weighted by Gasteiger charge is -2.50. The topological polar surface area (TPSA) is 84.2 Å². The average Bonchev–Trinajstić information content (AvgIpc) is 3.25. The normalized spacial score (nSPS) is 17.5. The lowest BCUT2D eigenvalue weighted by molar-refractivity contribution is -0.144. The molecule has 8 nitrogen and oxygen atoms in total. The molecule has 4 rings (SSSR count). The van der Waals surface area contributed by atoms with Gasteiger partial charge in [0.2, 0.25) is 0 Å². The lowest BCUT2D eigenvalue weighted by Crippen LogP contribution is -2.59. The largest absolute Gasteiger partial charge is 0.493 e. The van der Waals surface area contributed by atoms with Gasteiger partial charge in [-0.1, -0.05) is 0 Å². The summed E-state index contributed by atoms with van der Waals surface area (Å²) in [5, 5.41) is 9.84. The van der Waals surface area contributed by atoms with Crippen molar-refractivity contribution in [1.82, 2.24) is 14.4 Å². The van der Waals surface area contributed by atoms with Crippen LogP contribution in [0.15, 0.2) is 30.3 Å². The zero-order chi connectivity index (χ0) is 25.5. The zero-order valence-electron chi connectivity index (χ0n) is 19.8. The van der Waals surface area contributed by atoms with Crippen molar-refractivity contribution >= 4 is 12.0 Å². The van der Waals surface area contributed by atoms with E-state index in [-0.39, 0.29) is 51.0 Å². The van der Waals surface area contributed by atoms with E-state index < -0.39 is 23.5 Å². The highest BCUT2D eigenvalue weighted by Crippen LogP contribution is 2.45. The quantitative estimate of drug-likeness (QED) is 0.679. The maximum atomic E-state index is 13.5. The Balaban J connectivity index is 1.59. The molecule has 0 unspecified atom stereocenters. The van der Waals surface area contributed by atoms with Crippen LogP contribution in [-0.4, -0.2) is 64.3 Å². The lowest BCUT2D eigenvalue weighted by atomic mass is 9.81. The minimum Gasteiger partial charge on any atom is -0.493 e. The fourth-order valence-electron chi connectivity index (χ4n) is 5.13. The number of nitrogens with zero attached hydrogens (tertiary/aromatic N) is 3. The van der Waals surface area contributed by atoms with Crippen LogP contribution in [0.5, 0.6) is 11.5 Å². The first kappa shape index (κ1) is 24.7. The van der Waals surface area contributed by atoms with E-state index in [1.165, 1.54) is 22.6 Å². The highest BCUT2D eigenvalue weighted by atomic mass is 19.4. The van der Waals surface area contributed by atoms with Crippen molar-refractivity contribution in [1.29, 1.82) is 0 Å². The first-order chi connectivity index (χ1) is 16.5. The number of methoxy groups -OCH3 is 1. The number of halogens is 3. The van der Waals surface area contributed by atoms with Crippen LogP contribution in [0.25, 0.3) is 0 Å². The number of carbonyl (C=O) groups excluding carboxylic acids is 1. The van der Waals surface area contributed by atoms with E-state index in [9.17, 15) is 27.9 Å². The molecule has 0 radical (unpaired) electrons. The van der Waals surface area contributed by atoms with Crippen molar-refractivity contribution in [3.63, 3.8) is 0 Å². The van der Waals surface area contributed by atoms with Crippen molar-refractivity contribution < 1.29 is 37.3 Å². The molecule has 2 aliphatic rings. The molecule has 11 heteroatoms. The van der Waals surface area contributed by atoms with Gasteiger partial charge in [0.05, 0.1) is 18.8 Å². The van der Waals surface area contributed by atoms with Crippen LogP contribution >= 0.6 is 0 Å². The number of benzene rings is 1. The van der Waals surface area contributed by atoms with Crippen LogP contribution in [0.4, 0.5) is 18.0 Å². The minimum atomic E-state index is -4.54. The number of fused-ring (bicyclic) bond motifs is 2. The first-order valence-electron chi connectivity index (χ1n) is 11.4. The predicted molar refractivity (Wildman–Crippen MR) is 120 cm³/mol. The number of carbonyl (C=O) groups is 2. The van der Waals surface area contributed by atoms with E-state index >= 15 is 0 Å². The molecule has 1 aromatic heterocycles. The number of amides is 2. The molecule has 3 heterocycles. The number of hydrogen-bond acceptors (Lipinski definition) is 4. The van der Waals surface area contributed by atoms with E-state index in [1.54, 1.807) is 23.1 Å². The van der Waals surface area contributed by atoms with Gasteiger partial charge in [-0.2, -0.15) is 13.2 Å². The SMILES string of the molecule is COc1cc(C(=O)N2CCC3(CC2)c2ccc(C(F)(F)F)n2CCN3C(=O)O)ccc1OC(C)C. The van der Waals surface area contributed by atoms with Crippen LogP contribution in [0, 0.1) is 0 Å². The fraction of sp³-hybridized carbons (Fsp3) is 0.500. The summed E-state index contributed by atoms with van der Waals surface area (Å²) < 4.78 is 52.8. The second-order valence-electron chi connectivity index (χ2n) is 9.04. The Hall–Kier alpha value is -3.37. The van der Waals surface area contributed by atoms with Gasteiger partial charge in [-0.15, -0.1) is 0 Å². The van der Waals surface area contributed by atoms with E-state index in [0.29, 0.717) is 22.8 Å². The summed E-state index contributed by atoms with van der Waals surface area (Å²) in [6.45, 7) is 4.02. The van der Waals surface area contributed by atoms with Crippen molar-refractivity contribution in [3.05, 3.63) is 47.3 Å². The van der Waals surface area contributed by atoms with Gasteiger partial charge in [0, 0.05) is 37.4 Å². The summed E-state index contributed by atoms with van der Waals surface area (Å²) in [5.41, 5.74) is -1.21. The fourth-order valence-corrected chi connectivity index (χ4v) is 5.13. The Morgan fingerprint density at radius 1 is 1.03 bits per heavy atom. The molecule has 1 fully saturated rings. The van der Waals surface area contributed by atoms with Crippen molar-refractivity contribution in [3.8, 4) is 11.5 Å². The minimum absolute atomic E-state index is 0.0530. The Bertz CT molecular complexity index is 1120. The number of rotatable bonds is 4. The summed E-state index contributed by atoms with van der Waals surface area (Å²) in [7, 11) is 1.48. The van der Waals surface area contributed by atoms with Gasteiger partial charge >= 0.3 is 12.3 Å². The molecule has 0 bridgehead atoms. The number of aromatic nitrogens is 1. The van der Waals surface area contributed by atoms with E-state index in [1.807, 2.05) is 13.8 Å². The molecule has 2 aromatic rings. The summed E-state index contributed by atoms with van der Waals surface area (Å²) in [6, 6.07) is 7.27. The second kappa shape index (κ2) is 9.01. The molecular weight excluding hydrogens is 467 g/mol. The van der Waals surface area contributed by atoms with Gasteiger partial charge in [0.25, 0.3) is 5.91 Å². The van der Waals surface area contributed by atoms with Gasteiger partial charge in [0.1, 0.15) is 5.69 Å². The zero-order valence-corrected chi connectivity index (χ0v) is 19.8. The van der Waals surface area contributed by atoms with Gasteiger partial charge in [-0.05, 0) is 57.0 Å². The molecule has 1 N–H and O–H groups in total. The second-order valence-corrected chi connectivity index (χ2v) is 9.04. The maximum Gasteiger partial charge on any atom is 0.431 e.